The number of hydrogen-bond donors (Lipinski definition) is 2. The highest BCUT2D eigenvalue weighted by Gasteiger charge is 2.19. The van der Waals surface area contributed by atoms with Gasteiger partial charge in [-0.05, 0) is 25.3 Å². The number of ether oxygens (including phenoxy) is 1. The Kier molecular flexibility index (Phi) is 4.58. The fraction of sp³-hybridized carbons (Fsp3) is 1.00. The fourth-order valence-corrected chi connectivity index (χ4v) is 1.62. The minimum atomic E-state index is 0.314. The van der Waals surface area contributed by atoms with Crippen molar-refractivity contribution < 1.29 is 4.74 Å². The molecular weight excluding hydrogens is 152 g/mol. The van der Waals surface area contributed by atoms with E-state index >= 15 is 0 Å². The average molecular weight is 172 g/mol. The summed E-state index contributed by atoms with van der Waals surface area (Å²) in [6.45, 7) is 5.85. The Morgan fingerprint density at radius 3 is 2.75 bits per heavy atom. The molecule has 0 bridgehead atoms. The van der Waals surface area contributed by atoms with E-state index in [9.17, 15) is 0 Å². The zero-order chi connectivity index (χ0) is 8.81. The van der Waals surface area contributed by atoms with Crippen LogP contribution in [0.2, 0.25) is 0 Å². The third-order valence-corrected chi connectivity index (χ3v) is 2.50. The predicted octanol–water partition coefficient (Wildman–Crippen LogP) is 0.350. The van der Waals surface area contributed by atoms with Crippen LogP contribution >= 0.6 is 0 Å². The maximum Gasteiger partial charge on any atom is 0.0469 e. The molecule has 0 radical (unpaired) electrons. The maximum absolute atomic E-state index is 6.02. The van der Waals surface area contributed by atoms with Crippen LogP contribution in [0.15, 0.2) is 0 Å². The summed E-state index contributed by atoms with van der Waals surface area (Å²) in [6.07, 6.45) is 2.26. The molecule has 72 valence electrons. The first-order chi connectivity index (χ1) is 5.84. The van der Waals surface area contributed by atoms with Gasteiger partial charge in [0, 0.05) is 25.8 Å². The molecule has 0 spiro atoms. The standard InChI is InChI=1S/C9H20N2O/c1-2-11-7-9(10)8-3-5-12-6-4-8/h8-9,11H,2-7,10H2,1H3. The summed E-state index contributed by atoms with van der Waals surface area (Å²) in [5.74, 6) is 0.665. The summed E-state index contributed by atoms with van der Waals surface area (Å²) in [6, 6.07) is 0.314. The lowest BCUT2D eigenvalue weighted by molar-refractivity contribution is 0.0585. The van der Waals surface area contributed by atoms with E-state index < -0.39 is 0 Å². The second-order valence-electron chi connectivity index (χ2n) is 3.42. The molecule has 1 atom stereocenters. The van der Waals surface area contributed by atoms with Gasteiger partial charge in [-0.1, -0.05) is 6.92 Å². The minimum Gasteiger partial charge on any atom is -0.381 e. The second kappa shape index (κ2) is 5.51. The largest absolute Gasteiger partial charge is 0.381 e. The maximum atomic E-state index is 6.02. The minimum absolute atomic E-state index is 0.314. The summed E-state index contributed by atoms with van der Waals surface area (Å²) in [4.78, 5) is 0. The van der Waals surface area contributed by atoms with E-state index in [1.807, 2.05) is 0 Å². The van der Waals surface area contributed by atoms with E-state index in [1.165, 1.54) is 0 Å². The zero-order valence-electron chi connectivity index (χ0n) is 7.88. The molecule has 1 fully saturated rings. The molecule has 12 heavy (non-hydrogen) atoms. The monoisotopic (exact) mass is 172 g/mol. The van der Waals surface area contributed by atoms with Crippen molar-refractivity contribution in [3.8, 4) is 0 Å². The van der Waals surface area contributed by atoms with Crippen LogP contribution in [-0.4, -0.2) is 32.3 Å². The Balaban J connectivity index is 2.15. The molecule has 3 heteroatoms. The lowest BCUT2D eigenvalue weighted by Crippen LogP contribution is -2.42. The van der Waals surface area contributed by atoms with Gasteiger partial charge in [-0.25, -0.2) is 0 Å². The second-order valence-corrected chi connectivity index (χ2v) is 3.42. The molecule has 0 aromatic heterocycles. The molecular formula is C9H20N2O. The lowest BCUT2D eigenvalue weighted by atomic mass is 9.92. The third kappa shape index (κ3) is 3.09. The molecule has 0 amide bonds. The van der Waals surface area contributed by atoms with Crippen molar-refractivity contribution in [1.29, 1.82) is 0 Å². The molecule has 1 aliphatic rings. The molecule has 1 unspecified atom stereocenters. The van der Waals surface area contributed by atoms with E-state index in [0.717, 1.165) is 39.1 Å². The predicted molar refractivity (Wildman–Crippen MR) is 50.1 cm³/mol. The first kappa shape index (κ1) is 9.96. The number of nitrogens with two attached hydrogens (primary N) is 1. The van der Waals surface area contributed by atoms with E-state index in [-0.39, 0.29) is 0 Å². The molecule has 1 rings (SSSR count). The smallest absolute Gasteiger partial charge is 0.0469 e. The van der Waals surface area contributed by atoms with Gasteiger partial charge in [0.05, 0.1) is 0 Å². The average Bonchev–Trinajstić information content (AvgIpc) is 2.15. The van der Waals surface area contributed by atoms with Crippen molar-refractivity contribution in [2.24, 2.45) is 11.7 Å². The Labute approximate surface area is 74.7 Å². The van der Waals surface area contributed by atoms with Crippen LogP contribution < -0.4 is 11.1 Å². The molecule has 0 saturated carbocycles. The Morgan fingerprint density at radius 1 is 1.50 bits per heavy atom. The van der Waals surface area contributed by atoms with Crippen molar-refractivity contribution in [3.63, 3.8) is 0 Å². The van der Waals surface area contributed by atoms with E-state index in [1.54, 1.807) is 0 Å². The van der Waals surface area contributed by atoms with Gasteiger partial charge in [0.15, 0.2) is 0 Å². The number of hydrogen-bond acceptors (Lipinski definition) is 3. The highest BCUT2D eigenvalue weighted by molar-refractivity contribution is 4.76. The van der Waals surface area contributed by atoms with E-state index in [4.69, 9.17) is 10.5 Å². The van der Waals surface area contributed by atoms with Crippen LogP contribution in [0.3, 0.4) is 0 Å². The fourth-order valence-electron chi connectivity index (χ4n) is 1.62. The Morgan fingerprint density at radius 2 is 2.17 bits per heavy atom. The summed E-state index contributed by atoms with van der Waals surface area (Å²) in [5.41, 5.74) is 6.02. The molecule has 1 heterocycles. The van der Waals surface area contributed by atoms with Gasteiger partial charge in [-0.15, -0.1) is 0 Å². The van der Waals surface area contributed by atoms with Crippen LogP contribution in [0.4, 0.5) is 0 Å². The zero-order valence-corrected chi connectivity index (χ0v) is 7.88. The molecule has 1 aliphatic heterocycles. The van der Waals surface area contributed by atoms with Gasteiger partial charge in [-0.2, -0.15) is 0 Å². The van der Waals surface area contributed by atoms with Crippen LogP contribution in [0, 0.1) is 5.92 Å². The van der Waals surface area contributed by atoms with Gasteiger partial charge in [0.25, 0.3) is 0 Å². The number of nitrogens with one attached hydrogen (secondary N) is 1. The molecule has 1 saturated heterocycles. The van der Waals surface area contributed by atoms with Crippen molar-refractivity contribution >= 4 is 0 Å². The van der Waals surface area contributed by atoms with E-state index in [2.05, 4.69) is 12.2 Å². The van der Waals surface area contributed by atoms with Gasteiger partial charge in [0.2, 0.25) is 0 Å². The molecule has 3 nitrogen and oxygen atoms in total. The summed E-state index contributed by atoms with van der Waals surface area (Å²) in [5, 5.41) is 3.28. The van der Waals surface area contributed by atoms with Crippen LogP contribution in [0.25, 0.3) is 0 Å². The van der Waals surface area contributed by atoms with Crippen molar-refractivity contribution in [2.75, 3.05) is 26.3 Å². The summed E-state index contributed by atoms with van der Waals surface area (Å²) >= 11 is 0. The van der Waals surface area contributed by atoms with Crippen LogP contribution in [0.1, 0.15) is 19.8 Å². The summed E-state index contributed by atoms with van der Waals surface area (Å²) < 4.78 is 5.28. The van der Waals surface area contributed by atoms with Crippen molar-refractivity contribution in [1.82, 2.24) is 5.32 Å². The third-order valence-electron chi connectivity index (χ3n) is 2.50. The SMILES string of the molecule is CCNCC(N)C1CCOCC1. The number of likely N-dealkylation sites (N-methyl/N-ethyl adjacent to an activating group) is 1. The van der Waals surface area contributed by atoms with Gasteiger partial charge >= 0.3 is 0 Å². The molecule has 0 aromatic rings. The highest BCUT2D eigenvalue weighted by atomic mass is 16.5. The van der Waals surface area contributed by atoms with Crippen molar-refractivity contribution in [3.05, 3.63) is 0 Å². The first-order valence-electron chi connectivity index (χ1n) is 4.88. The summed E-state index contributed by atoms with van der Waals surface area (Å²) in [7, 11) is 0. The van der Waals surface area contributed by atoms with Gasteiger partial charge in [0.1, 0.15) is 0 Å². The molecule has 3 N–H and O–H groups in total. The topological polar surface area (TPSA) is 47.3 Å². The van der Waals surface area contributed by atoms with Crippen LogP contribution in [-0.2, 0) is 4.74 Å². The van der Waals surface area contributed by atoms with Crippen molar-refractivity contribution in [2.45, 2.75) is 25.8 Å². The Hall–Kier alpha value is -0.120. The van der Waals surface area contributed by atoms with E-state index in [0.29, 0.717) is 12.0 Å². The van der Waals surface area contributed by atoms with Gasteiger partial charge in [-0.3, -0.25) is 0 Å². The Bertz CT molecular complexity index is 113. The lowest BCUT2D eigenvalue weighted by Gasteiger charge is -2.27. The van der Waals surface area contributed by atoms with Gasteiger partial charge < -0.3 is 15.8 Å². The first-order valence-corrected chi connectivity index (χ1v) is 4.88. The van der Waals surface area contributed by atoms with Crippen LogP contribution in [0.5, 0.6) is 0 Å². The number of rotatable bonds is 4. The molecule has 0 aliphatic carbocycles. The quantitative estimate of drug-likeness (QED) is 0.643. The molecule has 0 aromatic carbocycles. The highest BCUT2D eigenvalue weighted by Crippen LogP contribution is 2.16. The normalized spacial score (nSPS) is 22.5.